The predicted molar refractivity (Wildman–Crippen MR) is 92.0 cm³/mol. The van der Waals surface area contributed by atoms with Crippen molar-refractivity contribution in [1.29, 1.82) is 0 Å². The number of hydrogen-bond acceptors (Lipinski definition) is 3. The van der Waals surface area contributed by atoms with E-state index in [1.54, 1.807) is 12.4 Å². The number of benzene rings is 1. The van der Waals surface area contributed by atoms with E-state index >= 15 is 0 Å². The monoisotopic (exact) mass is 326 g/mol. The molecule has 0 atom stereocenters. The van der Waals surface area contributed by atoms with Crippen LogP contribution in [0.15, 0.2) is 47.5 Å². The number of amides is 2. The Hall–Kier alpha value is -2.63. The highest BCUT2D eigenvalue weighted by Gasteiger charge is 2.25. The predicted octanol–water partition coefficient (Wildman–Crippen LogP) is 1.66. The van der Waals surface area contributed by atoms with E-state index in [0.29, 0.717) is 25.6 Å². The molecule has 2 N–H and O–H groups in total. The molecule has 0 aliphatic heterocycles. The molecule has 3 rings (SSSR count). The van der Waals surface area contributed by atoms with E-state index in [2.05, 4.69) is 15.6 Å². The fraction of sp³-hybridized carbons (Fsp3) is 0.389. The van der Waals surface area contributed by atoms with Gasteiger partial charge in [-0.15, -0.1) is 0 Å². The first-order valence-corrected chi connectivity index (χ1v) is 8.34. The number of aromatic nitrogens is 2. The minimum atomic E-state index is -0.221. The van der Waals surface area contributed by atoms with Gasteiger partial charge in [-0.25, -0.2) is 9.78 Å². The lowest BCUT2D eigenvalue weighted by atomic mass is 10.1. The van der Waals surface area contributed by atoms with Gasteiger partial charge in [-0.2, -0.15) is 0 Å². The number of nitrogens with one attached hydrogen (secondary N) is 2. The van der Waals surface area contributed by atoms with Gasteiger partial charge in [-0.3, -0.25) is 9.36 Å². The molecule has 0 spiro atoms. The lowest BCUT2D eigenvalue weighted by Crippen LogP contribution is -2.39. The van der Waals surface area contributed by atoms with Crippen LogP contribution in [0.2, 0.25) is 0 Å². The quantitative estimate of drug-likeness (QED) is 0.812. The molecule has 2 amide bonds. The van der Waals surface area contributed by atoms with Crippen molar-refractivity contribution in [3.8, 4) is 0 Å². The number of urea groups is 1. The third-order valence-electron chi connectivity index (χ3n) is 4.08. The SMILES string of the molecule is O=C(NCCc1ccccc1)NCCn1cnc(C2CC2)cc1=O. The lowest BCUT2D eigenvalue weighted by molar-refractivity contribution is 0.240. The van der Waals surface area contributed by atoms with Crippen molar-refractivity contribution < 1.29 is 4.79 Å². The summed E-state index contributed by atoms with van der Waals surface area (Å²) in [6.07, 6.45) is 4.62. The molecule has 1 heterocycles. The molecule has 0 saturated heterocycles. The Labute approximate surface area is 140 Å². The molecule has 1 fully saturated rings. The van der Waals surface area contributed by atoms with Crippen molar-refractivity contribution in [3.63, 3.8) is 0 Å². The van der Waals surface area contributed by atoms with Crippen LogP contribution in [0.3, 0.4) is 0 Å². The van der Waals surface area contributed by atoms with Crippen LogP contribution >= 0.6 is 0 Å². The molecule has 0 radical (unpaired) electrons. The van der Waals surface area contributed by atoms with Gasteiger partial charge in [0, 0.05) is 31.6 Å². The van der Waals surface area contributed by atoms with Gasteiger partial charge in [0.05, 0.1) is 12.0 Å². The normalized spacial score (nSPS) is 13.5. The molecule has 2 aromatic rings. The first kappa shape index (κ1) is 16.2. The Kier molecular flexibility index (Phi) is 5.25. The Morgan fingerprint density at radius 3 is 2.62 bits per heavy atom. The third-order valence-corrected chi connectivity index (χ3v) is 4.08. The second-order valence-corrected chi connectivity index (χ2v) is 6.04. The molecule has 1 aliphatic carbocycles. The van der Waals surface area contributed by atoms with Gasteiger partial charge in [-0.1, -0.05) is 30.3 Å². The van der Waals surface area contributed by atoms with Crippen LogP contribution < -0.4 is 16.2 Å². The Bertz CT molecular complexity index is 738. The summed E-state index contributed by atoms with van der Waals surface area (Å²) in [5.74, 6) is 0.473. The van der Waals surface area contributed by atoms with Crippen molar-refractivity contribution in [2.45, 2.75) is 31.7 Å². The maximum atomic E-state index is 12.0. The second-order valence-electron chi connectivity index (χ2n) is 6.04. The van der Waals surface area contributed by atoms with Crippen LogP contribution in [0.25, 0.3) is 0 Å². The van der Waals surface area contributed by atoms with Crippen LogP contribution in [0.4, 0.5) is 4.79 Å². The molecule has 1 saturated carbocycles. The smallest absolute Gasteiger partial charge is 0.314 e. The Balaban J connectivity index is 1.36. The third kappa shape index (κ3) is 4.68. The fourth-order valence-corrected chi connectivity index (χ4v) is 2.53. The molecule has 24 heavy (non-hydrogen) atoms. The van der Waals surface area contributed by atoms with E-state index in [0.717, 1.165) is 25.0 Å². The minimum absolute atomic E-state index is 0.0572. The van der Waals surface area contributed by atoms with E-state index in [1.807, 2.05) is 30.3 Å². The van der Waals surface area contributed by atoms with Crippen molar-refractivity contribution in [1.82, 2.24) is 20.2 Å². The highest BCUT2D eigenvalue weighted by atomic mass is 16.2. The summed E-state index contributed by atoms with van der Waals surface area (Å²) in [5, 5.41) is 5.57. The first-order valence-electron chi connectivity index (χ1n) is 8.34. The summed E-state index contributed by atoms with van der Waals surface area (Å²) in [6.45, 7) is 1.39. The van der Waals surface area contributed by atoms with Crippen LogP contribution in [-0.4, -0.2) is 28.7 Å². The molecule has 6 heteroatoms. The van der Waals surface area contributed by atoms with Gasteiger partial charge in [0.1, 0.15) is 0 Å². The van der Waals surface area contributed by atoms with E-state index in [-0.39, 0.29) is 11.6 Å². The molecule has 1 aromatic heterocycles. The number of nitrogens with zero attached hydrogens (tertiary/aromatic N) is 2. The largest absolute Gasteiger partial charge is 0.338 e. The van der Waals surface area contributed by atoms with Crippen molar-refractivity contribution in [3.05, 3.63) is 64.3 Å². The second kappa shape index (κ2) is 7.77. The van der Waals surface area contributed by atoms with E-state index in [9.17, 15) is 9.59 Å². The Morgan fingerprint density at radius 2 is 1.92 bits per heavy atom. The van der Waals surface area contributed by atoms with Crippen LogP contribution in [0.5, 0.6) is 0 Å². The summed E-state index contributed by atoms with van der Waals surface area (Å²) >= 11 is 0. The number of carbonyl (C=O) groups excluding carboxylic acids is 1. The summed E-state index contributed by atoms with van der Waals surface area (Å²) in [7, 11) is 0. The number of carbonyl (C=O) groups is 1. The number of hydrogen-bond donors (Lipinski definition) is 2. The molecular formula is C18H22N4O2. The van der Waals surface area contributed by atoms with Gasteiger partial charge in [0.2, 0.25) is 0 Å². The van der Waals surface area contributed by atoms with Crippen LogP contribution in [0.1, 0.15) is 30.0 Å². The standard InChI is InChI=1S/C18H22N4O2/c23-17-12-16(15-6-7-15)21-13-22(17)11-10-20-18(24)19-9-8-14-4-2-1-3-5-14/h1-5,12-13,15H,6-11H2,(H2,19,20,24). The van der Waals surface area contributed by atoms with Crippen LogP contribution in [-0.2, 0) is 13.0 Å². The van der Waals surface area contributed by atoms with Gasteiger partial charge < -0.3 is 10.6 Å². The maximum absolute atomic E-state index is 12.0. The highest BCUT2D eigenvalue weighted by Crippen LogP contribution is 2.38. The van der Waals surface area contributed by atoms with E-state index in [4.69, 9.17) is 0 Å². The molecule has 1 aromatic carbocycles. The first-order chi connectivity index (χ1) is 11.7. The van der Waals surface area contributed by atoms with E-state index in [1.165, 1.54) is 10.1 Å². The molecular weight excluding hydrogens is 304 g/mol. The molecule has 6 nitrogen and oxygen atoms in total. The van der Waals surface area contributed by atoms with Crippen molar-refractivity contribution in [2.75, 3.05) is 13.1 Å². The van der Waals surface area contributed by atoms with Crippen molar-refractivity contribution >= 4 is 6.03 Å². The number of rotatable bonds is 7. The maximum Gasteiger partial charge on any atom is 0.314 e. The summed E-state index contributed by atoms with van der Waals surface area (Å²) in [4.78, 5) is 28.0. The van der Waals surface area contributed by atoms with Crippen LogP contribution in [0, 0.1) is 0 Å². The summed E-state index contributed by atoms with van der Waals surface area (Å²) in [5.41, 5.74) is 2.02. The minimum Gasteiger partial charge on any atom is -0.338 e. The zero-order valence-corrected chi connectivity index (χ0v) is 13.6. The molecule has 126 valence electrons. The molecule has 1 aliphatic rings. The van der Waals surface area contributed by atoms with Gasteiger partial charge in [0.15, 0.2) is 0 Å². The highest BCUT2D eigenvalue weighted by molar-refractivity contribution is 5.73. The average Bonchev–Trinajstić information content (AvgIpc) is 3.42. The molecule has 0 bridgehead atoms. The lowest BCUT2D eigenvalue weighted by Gasteiger charge is -2.09. The fourth-order valence-electron chi connectivity index (χ4n) is 2.53. The average molecular weight is 326 g/mol. The Morgan fingerprint density at radius 1 is 1.17 bits per heavy atom. The topological polar surface area (TPSA) is 76.0 Å². The van der Waals surface area contributed by atoms with Gasteiger partial charge in [0.25, 0.3) is 5.56 Å². The zero-order valence-electron chi connectivity index (χ0n) is 13.6. The van der Waals surface area contributed by atoms with Crippen molar-refractivity contribution in [2.24, 2.45) is 0 Å². The van der Waals surface area contributed by atoms with Gasteiger partial charge in [-0.05, 0) is 24.8 Å². The summed E-state index contributed by atoms with van der Waals surface area (Å²) in [6, 6.07) is 11.4. The van der Waals surface area contributed by atoms with Gasteiger partial charge >= 0.3 is 6.03 Å². The molecule has 0 unspecified atom stereocenters. The zero-order chi connectivity index (χ0) is 16.8. The van der Waals surface area contributed by atoms with E-state index < -0.39 is 0 Å². The summed E-state index contributed by atoms with van der Waals surface area (Å²) < 4.78 is 1.52.